The second kappa shape index (κ2) is 4.37. The summed E-state index contributed by atoms with van der Waals surface area (Å²) in [4.78, 5) is 17.9. The molecule has 6 nitrogen and oxygen atoms in total. The molecule has 0 aliphatic heterocycles. The Hall–Kier alpha value is -1.46. The van der Waals surface area contributed by atoms with E-state index in [-0.39, 0.29) is 0 Å². The first-order valence-corrected chi connectivity index (χ1v) is 3.08. The quantitative estimate of drug-likeness (QED) is 0.456. The van der Waals surface area contributed by atoms with Crippen LogP contribution in [-0.4, -0.2) is 9.85 Å². The summed E-state index contributed by atoms with van der Waals surface area (Å²) in [6.45, 7) is 1.79. The molecule has 0 spiro atoms. The molecule has 6 heteroatoms. The Morgan fingerprint density at radius 1 is 1.36 bits per heavy atom. The molecular formula is C5H8N2O4. The van der Waals surface area contributed by atoms with E-state index in [0.717, 1.165) is 6.08 Å². The third kappa shape index (κ3) is 3.29. The fourth-order valence-corrected chi connectivity index (χ4v) is 0.489. The van der Waals surface area contributed by atoms with Crippen LogP contribution in [0.3, 0.4) is 0 Å². The van der Waals surface area contributed by atoms with Crippen LogP contribution >= 0.6 is 0 Å². The standard InChI is InChI=1S/C5H8N2O4/c1-2-3-4-5(6(8)9)7(10)11/h4H,2-3H2,1H3. The Morgan fingerprint density at radius 3 is 2.09 bits per heavy atom. The maximum atomic E-state index is 9.94. The Kier molecular flexibility index (Phi) is 3.79. The van der Waals surface area contributed by atoms with Crippen molar-refractivity contribution in [1.82, 2.24) is 0 Å². The SMILES string of the molecule is CCCC=C([N+](=O)[O-])[N+](=O)[O-]. The molecule has 0 heterocycles. The summed E-state index contributed by atoms with van der Waals surface area (Å²) in [5, 5.41) is 19.9. The molecule has 62 valence electrons. The summed E-state index contributed by atoms with van der Waals surface area (Å²) in [5.74, 6) is -0.938. The van der Waals surface area contributed by atoms with Gasteiger partial charge < -0.3 is 0 Å². The van der Waals surface area contributed by atoms with Gasteiger partial charge in [0.15, 0.2) is 0 Å². The number of hydrogen-bond donors (Lipinski definition) is 0. The third-order valence-corrected chi connectivity index (χ3v) is 0.990. The average molecular weight is 160 g/mol. The van der Waals surface area contributed by atoms with Gasteiger partial charge in [-0.25, -0.2) is 0 Å². The molecular weight excluding hydrogens is 152 g/mol. The summed E-state index contributed by atoms with van der Waals surface area (Å²) in [6.07, 6.45) is 2.03. The van der Waals surface area contributed by atoms with Gasteiger partial charge in [0, 0.05) is 0 Å². The van der Waals surface area contributed by atoms with Gasteiger partial charge in [-0.15, -0.1) is 0 Å². The van der Waals surface area contributed by atoms with Crippen LogP contribution in [0.5, 0.6) is 0 Å². The molecule has 0 aromatic carbocycles. The summed E-state index contributed by atoms with van der Waals surface area (Å²) >= 11 is 0. The van der Waals surface area contributed by atoms with E-state index in [1.807, 2.05) is 0 Å². The summed E-state index contributed by atoms with van der Waals surface area (Å²) in [5.41, 5.74) is 0. The van der Waals surface area contributed by atoms with Gasteiger partial charge in [0.1, 0.15) is 9.85 Å². The van der Waals surface area contributed by atoms with Crippen LogP contribution in [0.4, 0.5) is 0 Å². The minimum atomic E-state index is -0.990. The summed E-state index contributed by atoms with van der Waals surface area (Å²) < 4.78 is 0. The molecule has 0 rings (SSSR count). The first kappa shape index (κ1) is 9.54. The molecule has 0 aliphatic rings. The molecule has 0 aromatic rings. The predicted molar refractivity (Wildman–Crippen MR) is 37.0 cm³/mol. The zero-order chi connectivity index (χ0) is 8.85. The van der Waals surface area contributed by atoms with E-state index in [9.17, 15) is 20.2 Å². The number of rotatable bonds is 4. The maximum Gasteiger partial charge on any atom is 0.554 e. The second-order valence-electron chi connectivity index (χ2n) is 1.87. The summed E-state index contributed by atoms with van der Waals surface area (Å²) in [6, 6.07) is 0. The van der Waals surface area contributed by atoms with Crippen molar-refractivity contribution in [3.8, 4) is 0 Å². The van der Waals surface area contributed by atoms with E-state index in [2.05, 4.69) is 0 Å². The van der Waals surface area contributed by atoms with Crippen LogP contribution in [0.1, 0.15) is 19.8 Å². The molecule has 0 N–H and O–H groups in total. The van der Waals surface area contributed by atoms with Gasteiger partial charge >= 0.3 is 5.82 Å². The summed E-state index contributed by atoms with van der Waals surface area (Å²) in [7, 11) is 0. The van der Waals surface area contributed by atoms with Crippen molar-refractivity contribution < 1.29 is 9.85 Å². The van der Waals surface area contributed by atoms with Gasteiger partial charge in [-0.1, -0.05) is 13.3 Å². The molecule has 0 atom stereocenters. The lowest BCUT2D eigenvalue weighted by atomic mass is 10.3. The van der Waals surface area contributed by atoms with E-state index in [4.69, 9.17) is 0 Å². The topological polar surface area (TPSA) is 86.3 Å². The van der Waals surface area contributed by atoms with Crippen molar-refractivity contribution in [3.63, 3.8) is 0 Å². The van der Waals surface area contributed by atoms with Crippen molar-refractivity contribution in [1.29, 1.82) is 0 Å². The molecule has 0 saturated heterocycles. The van der Waals surface area contributed by atoms with Gasteiger partial charge in [-0.3, -0.25) is 20.2 Å². The van der Waals surface area contributed by atoms with Crippen LogP contribution in [0, 0.1) is 20.2 Å². The third-order valence-electron chi connectivity index (χ3n) is 0.990. The fourth-order valence-electron chi connectivity index (χ4n) is 0.489. The molecule has 0 amide bonds. The molecule has 0 aromatic heterocycles. The lowest BCUT2D eigenvalue weighted by Crippen LogP contribution is -2.08. The van der Waals surface area contributed by atoms with E-state index in [1.54, 1.807) is 6.92 Å². The Balaban J connectivity index is 4.33. The highest BCUT2D eigenvalue weighted by Gasteiger charge is 2.23. The van der Waals surface area contributed by atoms with Crippen molar-refractivity contribution in [2.24, 2.45) is 0 Å². The normalized spacial score (nSPS) is 8.82. The highest BCUT2D eigenvalue weighted by Crippen LogP contribution is 1.99. The largest absolute Gasteiger partial charge is 0.554 e. The number of nitrogens with zero attached hydrogens (tertiary/aromatic N) is 2. The zero-order valence-electron chi connectivity index (χ0n) is 6.02. The van der Waals surface area contributed by atoms with Gasteiger partial charge in [0.05, 0.1) is 6.08 Å². The van der Waals surface area contributed by atoms with Crippen molar-refractivity contribution in [2.45, 2.75) is 19.8 Å². The first-order chi connectivity index (χ1) is 5.09. The van der Waals surface area contributed by atoms with E-state index in [1.165, 1.54) is 0 Å². The zero-order valence-corrected chi connectivity index (χ0v) is 6.02. The van der Waals surface area contributed by atoms with E-state index in [0.29, 0.717) is 12.8 Å². The lowest BCUT2D eigenvalue weighted by Gasteiger charge is -1.86. The van der Waals surface area contributed by atoms with Gasteiger partial charge in [-0.05, 0) is 6.42 Å². The smallest absolute Gasteiger partial charge is 0.253 e. The monoisotopic (exact) mass is 160 g/mol. The molecule has 0 aliphatic carbocycles. The highest BCUT2D eigenvalue weighted by atomic mass is 16.7. The van der Waals surface area contributed by atoms with Crippen LogP contribution < -0.4 is 0 Å². The van der Waals surface area contributed by atoms with Crippen LogP contribution in [0.25, 0.3) is 0 Å². The van der Waals surface area contributed by atoms with E-state index >= 15 is 0 Å². The van der Waals surface area contributed by atoms with Gasteiger partial charge in [-0.2, -0.15) is 0 Å². The first-order valence-electron chi connectivity index (χ1n) is 3.08. The molecule has 0 unspecified atom stereocenters. The van der Waals surface area contributed by atoms with E-state index < -0.39 is 15.7 Å². The minimum absolute atomic E-state index is 0.358. The molecule has 0 radical (unpaired) electrons. The number of hydrogen-bond acceptors (Lipinski definition) is 4. The lowest BCUT2D eigenvalue weighted by molar-refractivity contribution is -0.616. The Bertz CT molecular complexity index is 183. The average Bonchev–Trinajstić information content (AvgIpc) is 1.87. The highest BCUT2D eigenvalue weighted by molar-refractivity contribution is 4.80. The van der Waals surface area contributed by atoms with Crippen LogP contribution in [-0.2, 0) is 0 Å². The molecule has 0 fully saturated rings. The molecule has 0 bridgehead atoms. The molecule has 11 heavy (non-hydrogen) atoms. The van der Waals surface area contributed by atoms with Gasteiger partial charge in [0.2, 0.25) is 0 Å². The Labute approximate surface area is 62.8 Å². The number of nitro groups is 2. The van der Waals surface area contributed by atoms with Crippen molar-refractivity contribution >= 4 is 0 Å². The van der Waals surface area contributed by atoms with Crippen LogP contribution in [0.15, 0.2) is 11.9 Å². The fraction of sp³-hybridized carbons (Fsp3) is 0.600. The van der Waals surface area contributed by atoms with Crippen molar-refractivity contribution in [3.05, 3.63) is 32.1 Å². The Morgan fingerprint density at radius 2 is 1.82 bits per heavy atom. The second-order valence-corrected chi connectivity index (χ2v) is 1.87. The van der Waals surface area contributed by atoms with Gasteiger partial charge in [0.25, 0.3) is 0 Å². The predicted octanol–water partition coefficient (Wildman–Crippen LogP) is 1.18. The maximum absolute atomic E-state index is 9.94. The minimum Gasteiger partial charge on any atom is -0.253 e. The number of unbranched alkanes of at least 4 members (excludes halogenated alkanes) is 1. The molecule has 0 saturated carbocycles. The number of allylic oxidation sites excluding steroid dienone is 1. The van der Waals surface area contributed by atoms with Crippen LogP contribution in [0.2, 0.25) is 0 Å². The van der Waals surface area contributed by atoms with Crippen molar-refractivity contribution in [2.75, 3.05) is 0 Å².